The number of benzene rings is 1. The Balaban J connectivity index is 2.38. The molecule has 1 unspecified atom stereocenters. The van der Waals surface area contributed by atoms with E-state index in [1.54, 1.807) is 7.05 Å². The molecule has 0 aliphatic carbocycles. The minimum atomic E-state index is -1.02. The molecular formula is C16H17F2N3O3. The molecule has 1 N–H and O–H groups in total. The van der Waals surface area contributed by atoms with Gasteiger partial charge in [0.1, 0.15) is 17.3 Å². The summed E-state index contributed by atoms with van der Waals surface area (Å²) in [7, 11) is 3.03. The number of aliphatic carboxylic acids is 1. The highest BCUT2D eigenvalue weighted by Crippen LogP contribution is 2.26. The van der Waals surface area contributed by atoms with Gasteiger partial charge in [0.25, 0.3) is 5.91 Å². The highest BCUT2D eigenvalue weighted by Gasteiger charge is 2.24. The van der Waals surface area contributed by atoms with Crippen molar-refractivity contribution in [3.05, 3.63) is 41.6 Å². The van der Waals surface area contributed by atoms with Crippen LogP contribution in [0.25, 0.3) is 11.3 Å². The van der Waals surface area contributed by atoms with Crippen LogP contribution in [0.15, 0.2) is 24.4 Å². The lowest BCUT2D eigenvalue weighted by Crippen LogP contribution is -2.33. The molecule has 0 saturated heterocycles. The fourth-order valence-corrected chi connectivity index (χ4v) is 2.30. The van der Waals surface area contributed by atoms with Crippen molar-refractivity contribution in [1.29, 1.82) is 0 Å². The van der Waals surface area contributed by atoms with E-state index in [1.165, 1.54) is 35.8 Å². The average molecular weight is 337 g/mol. The number of nitrogens with zero attached hydrogens (tertiary/aromatic N) is 3. The first-order valence-electron chi connectivity index (χ1n) is 7.18. The largest absolute Gasteiger partial charge is 0.481 e. The molecule has 2 rings (SSSR count). The lowest BCUT2D eigenvalue weighted by molar-refractivity contribution is -0.141. The van der Waals surface area contributed by atoms with Crippen molar-refractivity contribution in [2.75, 3.05) is 13.6 Å². The highest BCUT2D eigenvalue weighted by molar-refractivity contribution is 5.99. The second-order valence-corrected chi connectivity index (χ2v) is 5.61. The molecule has 0 spiro atoms. The Kier molecular flexibility index (Phi) is 4.96. The van der Waals surface area contributed by atoms with Crippen LogP contribution in [0.4, 0.5) is 8.78 Å². The number of aryl methyl sites for hydroxylation is 1. The van der Waals surface area contributed by atoms with Gasteiger partial charge in [0.05, 0.1) is 11.5 Å². The normalized spacial score (nSPS) is 12.0. The average Bonchev–Trinajstić information content (AvgIpc) is 2.87. The molecule has 0 radical (unpaired) electrons. The van der Waals surface area contributed by atoms with Crippen LogP contribution in [0.2, 0.25) is 0 Å². The van der Waals surface area contributed by atoms with Gasteiger partial charge in [0.15, 0.2) is 0 Å². The lowest BCUT2D eigenvalue weighted by atomic mass is 10.1. The van der Waals surface area contributed by atoms with E-state index < -0.39 is 29.4 Å². The highest BCUT2D eigenvalue weighted by atomic mass is 19.1. The molecular weight excluding hydrogens is 320 g/mol. The predicted octanol–water partition coefficient (Wildman–Crippen LogP) is 2.16. The Hall–Kier alpha value is -2.77. The quantitative estimate of drug-likeness (QED) is 0.907. The van der Waals surface area contributed by atoms with Crippen molar-refractivity contribution in [1.82, 2.24) is 14.7 Å². The van der Waals surface area contributed by atoms with E-state index in [0.29, 0.717) is 6.07 Å². The summed E-state index contributed by atoms with van der Waals surface area (Å²) in [6.07, 6.45) is 1.42. The zero-order valence-electron chi connectivity index (χ0n) is 13.5. The fourth-order valence-electron chi connectivity index (χ4n) is 2.30. The summed E-state index contributed by atoms with van der Waals surface area (Å²) < 4.78 is 28.4. The van der Waals surface area contributed by atoms with Gasteiger partial charge in [-0.3, -0.25) is 14.3 Å². The Labute approximate surface area is 137 Å². The molecule has 1 atom stereocenters. The van der Waals surface area contributed by atoms with E-state index in [0.717, 1.165) is 6.07 Å². The van der Waals surface area contributed by atoms with Crippen LogP contribution >= 0.6 is 0 Å². The summed E-state index contributed by atoms with van der Waals surface area (Å²) in [5.41, 5.74) is 0.193. The molecule has 8 heteroatoms. The van der Waals surface area contributed by atoms with Gasteiger partial charge in [-0.05, 0) is 12.1 Å². The summed E-state index contributed by atoms with van der Waals surface area (Å²) in [5, 5.41) is 13.0. The van der Waals surface area contributed by atoms with Crippen LogP contribution < -0.4 is 0 Å². The Morgan fingerprint density at radius 2 is 2.04 bits per heavy atom. The van der Waals surface area contributed by atoms with Gasteiger partial charge in [-0.2, -0.15) is 5.10 Å². The van der Waals surface area contributed by atoms with Gasteiger partial charge < -0.3 is 10.0 Å². The third kappa shape index (κ3) is 3.58. The number of carbonyl (C=O) groups is 2. The third-order valence-corrected chi connectivity index (χ3v) is 3.56. The second kappa shape index (κ2) is 6.77. The number of hydrogen-bond donors (Lipinski definition) is 1. The predicted molar refractivity (Wildman–Crippen MR) is 82.3 cm³/mol. The van der Waals surface area contributed by atoms with Crippen molar-refractivity contribution in [3.8, 4) is 11.3 Å². The molecule has 0 bridgehead atoms. The van der Waals surface area contributed by atoms with Gasteiger partial charge in [0.2, 0.25) is 0 Å². The smallest absolute Gasteiger partial charge is 0.308 e. The van der Waals surface area contributed by atoms with Gasteiger partial charge in [-0.25, -0.2) is 8.78 Å². The maximum absolute atomic E-state index is 14.0. The standard InChI is InChI=1S/C16H17F2N3O3/c1-9(16(23)24)7-20(2)15(22)12-8-21(3)19-14(12)11-5-4-10(17)6-13(11)18/h4-6,8-9H,7H2,1-3H3,(H,23,24). The molecule has 1 amide bonds. The Morgan fingerprint density at radius 3 is 2.62 bits per heavy atom. The van der Waals surface area contributed by atoms with Crippen molar-refractivity contribution >= 4 is 11.9 Å². The van der Waals surface area contributed by atoms with Gasteiger partial charge in [-0.15, -0.1) is 0 Å². The van der Waals surface area contributed by atoms with Gasteiger partial charge in [0, 0.05) is 38.5 Å². The SMILES string of the molecule is CC(CN(C)C(=O)c1cn(C)nc1-c1ccc(F)cc1F)C(=O)O. The van der Waals surface area contributed by atoms with E-state index in [4.69, 9.17) is 5.11 Å². The molecule has 0 saturated carbocycles. The first-order chi connectivity index (χ1) is 11.2. The zero-order valence-corrected chi connectivity index (χ0v) is 13.5. The molecule has 128 valence electrons. The van der Waals surface area contributed by atoms with Gasteiger partial charge >= 0.3 is 5.97 Å². The number of rotatable bonds is 5. The number of carboxylic acid groups (broad SMARTS) is 1. The maximum Gasteiger partial charge on any atom is 0.308 e. The number of halogens is 2. The first-order valence-corrected chi connectivity index (χ1v) is 7.18. The second-order valence-electron chi connectivity index (χ2n) is 5.61. The summed E-state index contributed by atoms with van der Waals surface area (Å²) in [6, 6.07) is 3.01. The molecule has 6 nitrogen and oxygen atoms in total. The third-order valence-electron chi connectivity index (χ3n) is 3.56. The number of carbonyl (C=O) groups excluding carboxylic acids is 1. The van der Waals surface area contributed by atoms with Crippen molar-refractivity contribution in [2.24, 2.45) is 13.0 Å². The molecule has 1 aromatic heterocycles. The maximum atomic E-state index is 14.0. The summed E-state index contributed by atoms with van der Waals surface area (Å²) in [6.45, 7) is 1.48. The fraction of sp³-hybridized carbons (Fsp3) is 0.312. The van der Waals surface area contributed by atoms with E-state index >= 15 is 0 Å². The van der Waals surface area contributed by atoms with Crippen LogP contribution in [0, 0.1) is 17.6 Å². The van der Waals surface area contributed by atoms with Crippen LogP contribution in [-0.2, 0) is 11.8 Å². The molecule has 1 heterocycles. The first kappa shape index (κ1) is 17.6. The minimum absolute atomic E-state index is 0.0000306. The van der Waals surface area contributed by atoms with Crippen LogP contribution in [0.1, 0.15) is 17.3 Å². The molecule has 24 heavy (non-hydrogen) atoms. The molecule has 0 fully saturated rings. The lowest BCUT2D eigenvalue weighted by Gasteiger charge is -2.19. The van der Waals surface area contributed by atoms with Crippen molar-refractivity contribution in [3.63, 3.8) is 0 Å². The van der Waals surface area contributed by atoms with E-state index in [-0.39, 0.29) is 23.4 Å². The Bertz CT molecular complexity index is 789. The number of hydrogen-bond acceptors (Lipinski definition) is 3. The van der Waals surface area contributed by atoms with Crippen LogP contribution in [0.5, 0.6) is 0 Å². The monoisotopic (exact) mass is 337 g/mol. The summed E-state index contributed by atoms with van der Waals surface area (Å²) in [4.78, 5) is 24.7. The number of amides is 1. The Morgan fingerprint density at radius 1 is 1.38 bits per heavy atom. The minimum Gasteiger partial charge on any atom is -0.481 e. The van der Waals surface area contributed by atoms with Crippen molar-refractivity contribution in [2.45, 2.75) is 6.92 Å². The summed E-state index contributed by atoms with van der Waals surface area (Å²) >= 11 is 0. The molecule has 0 aliphatic heterocycles. The number of carboxylic acids is 1. The molecule has 0 aliphatic rings. The number of aromatic nitrogens is 2. The van der Waals surface area contributed by atoms with Crippen LogP contribution in [0.3, 0.4) is 0 Å². The zero-order chi connectivity index (χ0) is 18.0. The van der Waals surface area contributed by atoms with E-state index in [2.05, 4.69) is 5.10 Å². The van der Waals surface area contributed by atoms with Crippen molar-refractivity contribution < 1.29 is 23.5 Å². The molecule has 2 aromatic rings. The van der Waals surface area contributed by atoms with E-state index in [9.17, 15) is 18.4 Å². The van der Waals surface area contributed by atoms with Crippen LogP contribution in [-0.4, -0.2) is 45.3 Å². The topological polar surface area (TPSA) is 75.4 Å². The van der Waals surface area contributed by atoms with E-state index in [1.807, 2.05) is 0 Å². The van der Waals surface area contributed by atoms with Gasteiger partial charge in [-0.1, -0.05) is 6.92 Å². The summed E-state index contributed by atoms with van der Waals surface area (Å²) in [5.74, 6) is -3.82. The molecule has 1 aromatic carbocycles.